The lowest BCUT2D eigenvalue weighted by Crippen LogP contribution is -2.54. The maximum absolute atomic E-state index is 13.0. The zero-order valence-electron chi connectivity index (χ0n) is 15.0. The van der Waals surface area contributed by atoms with Gasteiger partial charge in [-0.15, -0.1) is 0 Å². The Morgan fingerprint density at radius 3 is 2.46 bits per heavy atom. The summed E-state index contributed by atoms with van der Waals surface area (Å²) in [6.07, 6.45) is 1.02. The molecule has 1 aliphatic rings. The van der Waals surface area contributed by atoms with Crippen molar-refractivity contribution in [2.24, 2.45) is 5.92 Å². The monoisotopic (exact) mass is 386 g/mol. The van der Waals surface area contributed by atoms with E-state index >= 15 is 0 Å². The number of methoxy groups -OCH3 is 1. The van der Waals surface area contributed by atoms with Crippen molar-refractivity contribution < 1.29 is 27.1 Å². The Balaban J connectivity index is 2.12. The number of piperidine rings is 1. The van der Waals surface area contributed by atoms with Crippen LogP contribution >= 0.6 is 0 Å². The smallest absolute Gasteiger partial charge is 0.330 e. The first kappa shape index (κ1) is 20.3. The quantitative estimate of drug-likeness (QED) is 0.770. The maximum Gasteiger partial charge on any atom is 0.330 e. The number of sulfonamides is 1. The third-order valence-corrected chi connectivity index (χ3v) is 6.22. The molecule has 0 bridgehead atoms. The van der Waals surface area contributed by atoms with E-state index in [-0.39, 0.29) is 18.0 Å². The van der Waals surface area contributed by atoms with E-state index in [0.29, 0.717) is 12.8 Å². The zero-order valence-corrected chi connectivity index (χ0v) is 15.8. The molecule has 0 spiro atoms. The van der Waals surface area contributed by atoms with Crippen LogP contribution in [0.2, 0.25) is 0 Å². The summed E-state index contributed by atoms with van der Waals surface area (Å²) in [4.78, 5) is 24.2. The zero-order chi connectivity index (χ0) is 19.5. The number of hydrogen-bond acceptors (Lipinski definition) is 5. The largest absolute Gasteiger partial charge is 0.467 e. The summed E-state index contributed by atoms with van der Waals surface area (Å²) < 4.78 is 44.3. The van der Waals surface area contributed by atoms with E-state index in [2.05, 4.69) is 10.1 Å². The van der Waals surface area contributed by atoms with Gasteiger partial charge >= 0.3 is 5.97 Å². The molecular weight excluding hydrogens is 363 g/mol. The van der Waals surface area contributed by atoms with E-state index in [1.165, 1.54) is 37.4 Å². The van der Waals surface area contributed by atoms with Crippen molar-refractivity contribution in [3.8, 4) is 0 Å². The molecule has 1 N–H and O–H groups in total. The van der Waals surface area contributed by atoms with E-state index in [0.717, 1.165) is 12.1 Å². The molecule has 1 heterocycles. The molecule has 2 rings (SSSR count). The molecule has 1 aromatic rings. The van der Waals surface area contributed by atoms with Crippen molar-refractivity contribution in [1.29, 1.82) is 0 Å². The molecule has 1 saturated heterocycles. The minimum Gasteiger partial charge on any atom is -0.467 e. The second-order valence-electron chi connectivity index (χ2n) is 6.76. The van der Waals surface area contributed by atoms with E-state index < -0.39 is 39.2 Å². The summed E-state index contributed by atoms with van der Waals surface area (Å²) >= 11 is 0. The summed E-state index contributed by atoms with van der Waals surface area (Å²) in [7, 11) is -2.58. The highest BCUT2D eigenvalue weighted by atomic mass is 32.2. The number of ether oxygens (including phenoxy) is 1. The van der Waals surface area contributed by atoms with Crippen LogP contribution in [-0.4, -0.2) is 50.3 Å². The van der Waals surface area contributed by atoms with Gasteiger partial charge in [0, 0.05) is 13.1 Å². The number of hydrogen-bond donors (Lipinski definition) is 1. The second kappa shape index (κ2) is 7.71. The minimum absolute atomic E-state index is 0.00277. The molecule has 0 saturated carbocycles. The summed E-state index contributed by atoms with van der Waals surface area (Å²) in [6, 6.07) is 4.57. The summed E-state index contributed by atoms with van der Waals surface area (Å²) in [6.45, 7) is 3.33. The predicted octanol–water partition coefficient (Wildman–Crippen LogP) is 1.29. The molecular formula is C17H23FN2O5S. The number of nitrogens with zero attached hydrogens (tertiary/aromatic N) is 1. The third kappa shape index (κ3) is 4.39. The van der Waals surface area contributed by atoms with Gasteiger partial charge < -0.3 is 10.1 Å². The van der Waals surface area contributed by atoms with Gasteiger partial charge in [0.05, 0.1) is 17.9 Å². The fourth-order valence-corrected chi connectivity index (χ4v) is 4.37. The molecule has 144 valence electrons. The fraction of sp³-hybridized carbons (Fsp3) is 0.529. The van der Waals surface area contributed by atoms with Crippen molar-refractivity contribution >= 4 is 21.9 Å². The number of halogens is 1. The Hall–Kier alpha value is -2.00. The van der Waals surface area contributed by atoms with Crippen LogP contribution in [0.4, 0.5) is 4.39 Å². The van der Waals surface area contributed by atoms with Crippen LogP contribution in [0.1, 0.15) is 26.7 Å². The number of carbonyl (C=O) groups is 2. The molecule has 9 heteroatoms. The van der Waals surface area contributed by atoms with Crippen molar-refractivity contribution in [2.45, 2.75) is 37.1 Å². The van der Waals surface area contributed by atoms with Crippen molar-refractivity contribution in [3.05, 3.63) is 30.1 Å². The molecule has 7 nitrogen and oxygen atoms in total. The van der Waals surface area contributed by atoms with Crippen molar-refractivity contribution in [1.82, 2.24) is 9.62 Å². The van der Waals surface area contributed by atoms with Gasteiger partial charge in [-0.05, 0) is 51.0 Å². The maximum atomic E-state index is 13.0. The molecule has 1 unspecified atom stereocenters. The highest BCUT2D eigenvalue weighted by Gasteiger charge is 2.37. The molecule has 1 aromatic carbocycles. The topological polar surface area (TPSA) is 92.8 Å². The van der Waals surface area contributed by atoms with E-state index in [4.69, 9.17) is 0 Å². The highest BCUT2D eigenvalue weighted by molar-refractivity contribution is 7.89. The lowest BCUT2D eigenvalue weighted by Gasteiger charge is -2.33. The number of esters is 1. The Labute approximate surface area is 152 Å². The number of benzene rings is 1. The molecule has 26 heavy (non-hydrogen) atoms. The lowest BCUT2D eigenvalue weighted by atomic mass is 9.96. The second-order valence-corrected chi connectivity index (χ2v) is 8.70. The summed E-state index contributed by atoms with van der Waals surface area (Å²) in [5, 5.41) is 2.61. The standard InChI is InChI=1S/C17H23FN2O5S/c1-17(2,16(22)25-3)19-15(21)12-5-4-10-20(11-12)26(23,24)14-8-6-13(18)7-9-14/h6-9,12H,4-5,10-11H2,1-3H3,(H,19,21). The van der Waals surface area contributed by atoms with Gasteiger partial charge in [0.2, 0.25) is 15.9 Å². The minimum atomic E-state index is -3.81. The highest BCUT2D eigenvalue weighted by Crippen LogP contribution is 2.24. The number of nitrogens with one attached hydrogen (secondary N) is 1. The van der Waals surface area contributed by atoms with Gasteiger partial charge in [-0.25, -0.2) is 17.6 Å². The first-order valence-electron chi connectivity index (χ1n) is 8.24. The SMILES string of the molecule is COC(=O)C(C)(C)NC(=O)C1CCCN(S(=O)(=O)c2ccc(F)cc2)C1. The van der Waals surface area contributed by atoms with E-state index in [9.17, 15) is 22.4 Å². The normalized spacial score (nSPS) is 19.0. The van der Waals surface area contributed by atoms with Gasteiger partial charge in [0.25, 0.3) is 0 Å². The third-order valence-electron chi connectivity index (χ3n) is 4.34. The summed E-state index contributed by atoms with van der Waals surface area (Å²) in [5.74, 6) is -2.09. The summed E-state index contributed by atoms with van der Waals surface area (Å²) in [5.41, 5.74) is -1.20. The predicted molar refractivity (Wildman–Crippen MR) is 92.1 cm³/mol. The molecule has 0 radical (unpaired) electrons. The number of amides is 1. The fourth-order valence-electron chi connectivity index (χ4n) is 2.85. The molecule has 0 aromatic heterocycles. The van der Waals surface area contributed by atoms with Crippen LogP contribution in [0.15, 0.2) is 29.2 Å². The van der Waals surface area contributed by atoms with Gasteiger partial charge in [0.1, 0.15) is 11.4 Å². The molecule has 1 amide bonds. The van der Waals surface area contributed by atoms with Crippen molar-refractivity contribution in [3.63, 3.8) is 0 Å². The van der Waals surface area contributed by atoms with Crippen LogP contribution in [0.3, 0.4) is 0 Å². The van der Waals surface area contributed by atoms with E-state index in [1.807, 2.05) is 0 Å². The van der Waals surface area contributed by atoms with Crippen LogP contribution in [0, 0.1) is 11.7 Å². The Kier molecular flexibility index (Phi) is 6.02. The molecule has 1 fully saturated rings. The average molecular weight is 386 g/mol. The van der Waals surface area contributed by atoms with Gasteiger partial charge in [-0.1, -0.05) is 0 Å². The number of rotatable bonds is 5. The Morgan fingerprint density at radius 1 is 1.27 bits per heavy atom. The first-order valence-corrected chi connectivity index (χ1v) is 9.68. The van der Waals surface area contributed by atoms with Crippen LogP contribution in [-0.2, 0) is 24.3 Å². The van der Waals surface area contributed by atoms with Gasteiger partial charge in [-0.3, -0.25) is 4.79 Å². The first-order chi connectivity index (χ1) is 12.1. The van der Waals surface area contributed by atoms with E-state index in [1.54, 1.807) is 0 Å². The number of carbonyl (C=O) groups excluding carboxylic acids is 2. The van der Waals surface area contributed by atoms with Crippen molar-refractivity contribution in [2.75, 3.05) is 20.2 Å². The molecule has 1 aliphatic heterocycles. The van der Waals surface area contributed by atoms with Crippen LogP contribution < -0.4 is 5.32 Å². The lowest BCUT2D eigenvalue weighted by molar-refractivity contribution is -0.150. The van der Waals surface area contributed by atoms with Crippen LogP contribution in [0.5, 0.6) is 0 Å². The molecule has 0 aliphatic carbocycles. The Bertz CT molecular complexity index is 777. The van der Waals surface area contributed by atoms with Crippen LogP contribution in [0.25, 0.3) is 0 Å². The Morgan fingerprint density at radius 2 is 1.88 bits per heavy atom. The molecule has 1 atom stereocenters. The van der Waals surface area contributed by atoms with Gasteiger partial charge in [0.15, 0.2) is 0 Å². The average Bonchev–Trinajstić information content (AvgIpc) is 2.61. The van der Waals surface area contributed by atoms with Gasteiger partial charge in [-0.2, -0.15) is 4.31 Å².